The largest absolute Gasteiger partial charge is 0.495 e. The number of Topliss-reactive ketones (excluding diaryl/α,β-unsaturated/α-hetero) is 1. The molecule has 4 N–H and O–H groups in total. The van der Waals surface area contributed by atoms with Crippen molar-refractivity contribution in [1.82, 2.24) is 4.90 Å². The average molecular weight is 654 g/mol. The standard InChI is InChI=1S/C36H35N3O9/c1-22-6-3-4-7-28(22)37-35(45)38-29-18-9-23(21-32(29)46-2)20-31(40)30-8-5-19-39(30)36(47-26-14-10-24(11-15-26)33(41)42)48-27-16-12-25(13-17-27)34(43)44/h3-4,6-7,9-18,21,30,36H,5,8,19-20H2,1-2H3,(H,41,42)(H,43,44)(H2,37,38,45)/t30-/m0/s1. The number of nitrogens with one attached hydrogen (secondary N) is 2. The Hall–Kier alpha value is -5.88. The number of benzene rings is 4. The number of amides is 2. The van der Waals surface area contributed by atoms with E-state index in [1.54, 1.807) is 29.2 Å². The van der Waals surface area contributed by atoms with Crippen molar-refractivity contribution in [1.29, 1.82) is 0 Å². The molecule has 4 aromatic carbocycles. The number of methoxy groups -OCH3 is 1. The monoisotopic (exact) mass is 653 g/mol. The van der Waals surface area contributed by atoms with Crippen LogP contribution in [0.1, 0.15) is 44.7 Å². The molecule has 2 amide bonds. The zero-order valence-electron chi connectivity index (χ0n) is 26.3. The third kappa shape index (κ3) is 8.28. The average Bonchev–Trinajstić information content (AvgIpc) is 3.57. The lowest BCUT2D eigenvalue weighted by Gasteiger charge is -2.32. The lowest BCUT2D eigenvalue weighted by molar-refractivity contribution is -0.143. The molecule has 1 heterocycles. The molecule has 4 aromatic rings. The summed E-state index contributed by atoms with van der Waals surface area (Å²) in [5, 5.41) is 24.2. The molecule has 5 rings (SSSR count). The minimum atomic E-state index is -1.08. The minimum absolute atomic E-state index is 0.0700. The number of carboxylic acids is 2. The van der Waals surface area contributed by atoms with E-state index in [0.29, 0.717) is 53.6 Å². The summed E-state index contributed by atoms with van der Waals surface area (Å²) in [4.78, 5) is 50.9. The molecular weight excluding hydrogens is 618 g/mol. The van der Waals surface area contributed by atoms with Gasteiger partial charge in [-0.2, -0.15) is 0 Å². The van der Waals surface area contributed by atoms with Crippen LogP contribution in [0.2, 0.25) is 0 Å². The summed E-state index contributed by atoms with van der Waals surface area (Å²) in [5.74, 6) is -1.21. The molecule has 1 aliphatic rings. The van der Waals surface area contributed by atoms with Crippen LogP contribution in [0, 0.1) is 6.92 Å². The molecule has 12 nitrogen and oxygen atoms in total. The first-order valence-electron chi connectivity index (χ1n) is 15.2. The molecule has 1 fully saturated rings. The third-order valence-electron chi connectivity index (χ3n) is 7.90. The first-order valence-corrected chi connectivity index (χ1v) is 15.2. The van der Waals surface area contributed by atoms with Crippen LogP contribution in [0.15, 0.2) is 91.0 Å². The van der Waals surface area contributed by atoms with Gasteiger partial charge in [-0.3, -0.25) is 4.79 Å². The van der Waals surface area contributed by atoms with E-state index in [4.69, 9.17) is 14.2 Å². The Labute approximate surface area is 276 Å². The molecule has 12 heteroatoms. The van der Waals surface area contributed by atoms with Crippen LogP contribution in [-0.2, 0) is 11.2 Å². The molecule has 0 spiro atoms. The Kier molecular flexibility index (Phi) is 10.6. The number of anilines is 2. The summed E-state index contributed by atoms with van der Waals surface area (Å²) < 4.78 is 17.8. The van der Waals surface area contributed by atoms with Crippen LogP contribution in [0.5, 0.6) is 17.2 Å². The number of hydrogen-bond acceptors (Lipinski definition) is 8. The molecule has 1 aliphatic heterocycles. The van der Waals surface area contributed by atoms with Gasteiger partial charge in [0.15, 0.2) is 5.78 Å². The van der Waals surface area contributed by atoms with Crippen LogP contribution in [0.3, 0.4) is 0 Å². The molecule has 0 unspecified atom stereocenters. The highest BCUT2D eigenvalue weighted by molar-refractivity contribution is 6.01. The van der Waals surface area contributed by atoms with Gasteiger partial charge in [-0.15, -0.1) is 0 Å². The predicted octanol–water partition coefficient (Wildman–Crippen LogP) is 6.06. The fourth-order valence-electron chi connectivity index (χ4n) is 5.39. The first-order chi connectivity index (χ1) is 23.1. The Balaban J connectivity index is 1.31. The van der Waals surface area contributed by atoms with E-state index in [1.807, 2.05) is 25.1 Å². The van der Waals surface area contributed by atoms with Crippen molar-refractivity contribution in [2.24, 2.45) is 0 Å². The lowest BCUT2D eigenvalue weighted by atomic mass is 10.0. The van der Waals surface area contributed by atoms with E-state index in [9.17, 15) is 29.4 Å². The summed E-state index contributed by atoms with van der Waals surface area (Å²) in [6.45, 7) is 2.37. The van der Waals surface area contributed by atoms with E-state index < -0.39 is 30.4 Å². The van der Waals surface area contributed by atoms with Crippen LogP contribution in [0.4, 0.5) is 16.2 Å². The van der Waals surface area contributed by atoms with Gasteiger partial charge in [0.1, 0.15) is 17.2 Å². The van der Waals surface area contributed by atoms with Gasteiger partial charge in [-0.1, -0.05) is 24.3 Å². The van der Waals surface area contributed by atoms with Gasteiger partial charge < -0.3 is 35.1 Å². The number of carbonyl (C=O) groups is 4. The maximum Gasteiger partial charge on any atom is 0.335 e. The summed E-state index contributed by atoms with van der Waals surface area (Å²) in [6, 6.07) is 23.2. The van der Waals surface area contributed by atoms with Gasteiger partial charge in [-0.05, 0) is 97.6 Å². The number of likely N-dealkylation sites (tertiary alicyclic amines) is 1. The summed E-state index contributed by atoms with van der Waals surface area (Å²) in [6.07, 6.45) is 0.229. The van der Waals surface area contributed by atoms with Gasteiger partial charge in [0, 0.05) is 18.7 Å². The number of rotatable bonds is 13. The number of hydrogen-bond donors (Lipinski definition) is 4. The van der Waals surface area contributed by atoms with Crippen molar-refractivity contribution in [2.45, 2.75) is 38.6 Å². The maximum absolute atomic E-state index is 13.8. The quantitative estimate of drug-likeness (QED) is 0.125. The predicted molar refractivity (Wildman–Crippen MR) is 177 cm³/mol. The van der Waals surface area contributed by atoms with Crippen molar-refractivity contribution in [3.05, 3.63) is 113 Å². The van der Waals surface area contributed by atoms with Gasteiger partial charge in [0.05, 0.1) is 30.0 Å². The molecule has 1 saturated heterocycles. The SMILES string of the molecule is COc1cc(CC(=O)[C@@H]2CCCN2C(Oc2ccc(C(=O)O)cc2)Oc2ccc(C(=O)O)cc2)ccc1NC(=O)Nc1ccccc1C. The molecule has 1 atom stereocenters. The molecule has 0 aromatic heterocycles. The van der Waals surface area contributed by atoms with Crippen molar-refractivity contribution in [2.75, 3.05) is 24.3 Å². The van der Waals surface area contributed by atoms with Crippen molar-refractivity contribution < 1.29 is 43.6 Å². The zero-order chi connectivity index (χ0) is 34.2. The molecule has 0 saturated carbocycles. The van der Waals surface area contributed by atoms with E-state index in [0.717, 1.165) is 5.56 Å². The summed E-state index contributed by atoms with van der Waals surface area (Å²) in [7, 11) is 1.48. The smallest absolute Gasteiger partial charge is 0.335 e. The van der Waals surface area contributed by atoms with E-state index in [-0.39, 0.29) is 23.3 Å². The summed E-state index contributed by atoms with van der Waals surface area (Å²) in [5.41, 5.74) is 2.88. The van der Waals surface area contributed by atoms with Crippen molar-refractivity contribution in [3.63, 3.8) is 0 Å². The van der Waals surface area contributed by atoms with Crippen LogP contribution in [-0.4, -0.2) is 65.0 Å². The summed E-state index contributed by atoms with van der Waals surface area (Å²) >= 11 is 0. The van der Waals surface area contributed by atoms with Crippen LogP contribution in [0.25, 0.3) is 0 Å². The fraction of sp³-hybridized carbons (Fsp3) is 0.222. The Morgan fingerprint density at radius 2 is 1.40 bits per heavy atom. The molecular formula is C36H35N3O9. The zero-order valence-corrected chi connectivity index (χ0v) is 26.3. The Bertz CT molecular complexity index is 1730. The molecule has 0 radical (unpaired) electrons. The number of aromatic carboxylic acids is 2. The second kappa shape index (κ2) is 15.1. The number of para-hydroxylation sites is 1. The highest BCUT2D eigenvalue weighted by atomic mass is 16.7. The van der Waals surface area contributed by atoms with E-state index in [1.165, 1.54) is 55.6 Å². The number of urea groups is 1. The van der Waals surface area contributed by atoms with E-state index in [2.05, 4.69) is 10.6 Å². The second-order valence-electron chi connectivity index (χ2n) is 11.2. The normalized spacial score (nSPS) is 14.3. The number of ether oxygens (including phenoxy) is 3. The topological polar surface area (TPSA) is 164 Å². The fourth-order valence-corrected chi connectivity index (χ4v) is 5.39. The maximum atomic E-state index is 13.8. The Morgan fingerprint density at radius 3 is 1.96 bits per heavy atom. The number of carboxylic acid groups (broad SMARTS) is 2. The molecule has 48 heavy (non-hydrogen) atoms. The number of ketones is 1. The first kappa shape index (κ1) is 33.5. The molecule has 0 aliphatic carbocycles. The van der Waals surface area contributed by atoms with Gasteiger partial charge in [0.2, 0.25) is 0 Å². The lowest BCUT2D eigenvalue weighted by Crippen LogP contribution is -2.49. The van der Waals surface area contributed by atoms with Gasteiger partial charge in [-0.25, -0.2) is 19.3 Å². The molecule has 0 bridgehead atoms. The van der Waals surface area contributed by atoms with Crippen LogP contribution < -0.4 is 24.8 Å². The van der Waals surface area contributed by atoms with Gasteiger partial charge >= 0.3 is 24.4 Å². The van der Waals surface area contributed by atoms with E-state index >= 15 is 0 Å². The number of aryl methyl sites for hydroxylation is 1. The second-order valence-corrected chi connectivity index (χ2v) is 11.2. The van der Waals surface area contributed by atoms with Crippen LogP contribution >= 0.6 is 0 Å². The minimum Gasteiger partial charge on any atom is -0.495 e. The third-order valence-corrected chi connectivity index (χ3v) is 7.90. The highest BCUT2D eigenvalue weighted by Crippen LogP contribution is 2.30. The highest BCUT2D eigenvalue weighted by Gasteiger charge is 2.38. The van der Waals surface area contributed by atoms with Crippen molar-refractivity contribution >= 4 is 35.1 Å². The number of carbonyl (C=O) groups excluding carboxylic acids is 2. The number of nitrogens with zero attached hydrogens (tertiary/aromatic N) is 1. The Morgan fingerprint density at radius 1 is 0.812 bits per heavy atom. The molecule has 248 valence electrons. The van der Waals surface area contributed by atoms with Gasteiger partial charge in [0.25, 0.3) is 0 Å². The van der Waals surface area contributed by atoms with Crippen molar-refractivity contribution in [3.8, 4) is 17.2 Å².